The van der Waals surface area contributed by atoms with Gasteiger partial charge in [-0.15, -0.1) is 0 Å². The first kappa shape index (κ1) is 9.66. The number of aromatic amines is 1. The second-order valence-electron chi connectivity index (χ2n) is 2.38. The van der Waals surface area contributed by atoms with Gasteiger partial charge in [0.1, 0.15) is 0 Å². The lowest BCUT2D eigenvalue weighted by atomic mass is 10.2. The topological polar surface area (TPSA) is 73.3 Å². The van der Waals surface area contributed by atoms with Gasteiger partial charge in [0, 0.05) is 5.56 Å². The minimum atomic E-state index is -2.88. The van der Waals surface area contributed by atoms with Crippen molar-refractivity contribution in [2.75, 3.05) is 0 Å². The molecule has 0 spiro atoms. The lowest BCUT2D eigenvalue weighted by Crippen LogP contribution is -2.11. The summed E-state index contributed by atoms with van der Waals surface area (Å²) in [5.74, 6) is -0.687. The smallest absolute Gasteiger partial charge is 0.290 e. The van der Waals surface area contributed by atoms with Crippen LogP contribution in [-0.2, 0) is 6.61 Å². The predicted octanol–water partition coefficient (Wildman–Crippen LogP) is 0.510. The Morgan fingerprint density at radius 2 is 2.15 bits per heavy atom. The molecule has 72 valence electrons. The summed E-state index contributed by atoms with van der Waals surface area (Å²) in [6, 6.07) is 0.820. The van der Waals surface area contributed by atoms with Crippen LogP contribution in [0.4, 0.5) is 8.78 Å². The van der Waals surface area contributed by atoms with E-state index in [1.54, 1.807) is 4.98 Å². The number of aliphatic hydroxyl groups excluding tert-OH is 1. The normalized spacial score (nSPS) is 10.8. The van der Waals surface area contributed by atoms with Crippen LogP contribution in [0.15, 0.2) is 10.9 Å². The molecule has 0 bridgehead atoms. The molecule has 0 atom stereocenters. The number of pyridine rings is 1. The van der Waals surface area contributed by atoms with E-state index in [9.17, 15) is 13.6 Å². The zero-order valence-corrected chi connectivity index (χ0v) is 6.42. The molecule has 3 N–H and O–H groups in total. The first-order valence-corrected chi connectivity index (χ1v) is 3.40. The molecule has 0 aromatic carbocycles. The van der Waals surface area contributed by atoms with E-state index in [1.165, 1.54) is 0 Å². The minimum absolute atomic E-state index is 0.188. The van der Waals surface area contributed by atoms with Gasteiger partial charge in [-0.1, -0.05) is 0 Å². The van der Waals surface area contributed by atoms with Crippen LogP contribution in [0, 0.1) is 0 Å². The van der Waals surface area contributed by atoms with Crippen molar-refractivity contribution in [3.05, 3.63) is 27.7 Å². The molecule has 6 heteroatoms. The largest absolute Gasteiger partial charge is 0.503 e. The van der Waals surface area contributed by atoms with Crippen LogP contribution in [-0.4, -0.2) is 15.2 Å². The average Bonchev–Trinajstić information content (AvgIpc) is 2.08. The van der Waals surface area contributed by atoms with Crippen LogP contribution in [0.3, 0.4) is 0 Å². The predicted molar refractivity (Wildman–Crippen MR) is 39.6 cm³/mol. The Labute approximate surface area is 71.5 Å². The van der Waals surface area contributed by atoms with E-state index < -0.39 is 30.0 Å². The molecule has 0 saturated heterocycles. The molecule has 1 heterocycles. The third-order valence-electron chi connectivity index (χ3n) is 1.53. The van der Waals surface area contributed by atoms with Gasteiger partial charge in [0.05, 0.1) is 12.3 Å². The monoisotopic (exact) mass is 191 g/mol. The summed E-state index contributed by atoms with van der Waals surface area (Å²) in [6.07, 6.45) is -2.88. The summed E-state index contributed by atoms with van der Waals surface area (Å²) >= 11 is 0. The number of alkyl halides is 2. The fourth-order valence-electron chi connectivity index (χ4n) is 0.900. The van der Waals surface area contributed by atoms with E-state index in [-0.39, 0.29) is 5.56 Å². The van der Waals surface area contributed by atoms with Gasteiger partial charge < -0.3 is 15.2 Å². The van der Waals surface area contributed by atoms with Crippen LogP contribution < -0.4 is 5.56 Å². The zero-order chi connectivity index (χ0) is 10.0. The molecular formula is C7H7F2NO3. The maximum Gasteiger partial charge on any atom is 0.290 e. The zero-order valence-electron chi connectivity index (χ0n) is 6.42. The average molecular weight is 191 g/mol. The van der Waals surface area contributed by atoms with Crippen molar-refractivity contribution >= 4 is 0 Å². The number of hydrogen-bond donors (Lipinski definition) is 3. The number of aromatic nitrogens is 1. The van der Waals surface area contributed by atoms with Crippen molar-refractivity contribution < 1.29 is 19.0 Å². The van der Waals surface area contributed by atoms with Gasteiger partial charge in [-0.05, 0) is 6.07 Å². The summed E-state index contributed by atoms with van der Waals surface area (Å²) in [4.78, 5) is 12.5. The number of H-pyrrole nitrogens is 1. The van der Waals surface area contributed by atoms with Gasteiger partial charge in [-0.3, -0.25) is 4.79 Å². The molecule has 0 unspecified atom stereocenters. The SMILES string of the molecule is O=c1[nH]c(C(F)F)c(CO)cc1O. The highest BCUT2D eigenvalue weighted by atomic mass is 19.3. The summed E-state index contributed by atoms with van der Waals surface area (Å²) in [6.45, 7) is -0.663. The number of aliphatic hydroxyl groups is 1. The van der Waals surface area contributed by atoms with Crippen LogP contribution in [0.1, 0.15) is 17.7 Å². The molecule has 0 fully saturated rings. The summed E-state index contributed by atoms with van der Waals surface area (Å²) in [5, 5.41) is 17.5. The maximum absolute atomic E-state index is 12.2. The van der Waals surface area contributed by atoms with Crippen molar-refractivity contribution in [3.8, 4) is 5.75 Å². The van der Waals surface area contributed by atoms with Gasteiger partial charge in [0.15, 0.2) is 5.75 Å². The molecule has 0 aliphatic carbocycles. The molecule has 0 amide bonds. The van der Waals surface area contributed by atoms with Gasteiger partial charge in [-0.2, -0.15) is 0 Å². The number of nitrogens with one attached hydrogen (secondary N) is 1. The molecule has 0 saturated carbocycles. The Bertz CT molecular complexity index is 361. The Morgan fingerprint density at radius 3 is 2.62 bits per heavy atom. The maximum atomic E-state index is 12.2. The first-order chi connectivity index (χ1) is 6.06. The molecule has 13 heavy (non-hydrogen) atoms. The van der Waals surface area contributed by atoms with Crippen molar-refractivity contribution in [1.82, 2.24) is 4.98 Å². The van der Waals surface area contributed by atoms with Gasteiger partial charge in [0.25, 0.3) is 12.0 Å². The highest BCUT2D eigenvalue weighted by Gasteiger charge is 2.15. The van der Waals surface area contributed by atoms with Crippen LogP contribution in [0.5, 0.6) is 5.75 Å². The number of halogens is 2. The molecule has 1 aromatic heterocycles. The molecular weight excluding hydrogens is 184 g/mol. The van der Waals surface area contributed by atoms with Gasteiger partial charge in [0.2, 0.25) is 0 Å². The first-order valence-electron chi connectivity index (χ1n) is 3.40. The summed E-state index contributed by atoms with van der Waals surface area (Å²) in [7, 11) is 0. The van der Waals surface area contributed by atoms with Crippen molar-refractivity contribution in [2.24, 2.45) is 0 Å². The molecule has 0 aliphatic heterocycles. The van der Waals surface area contributed by atoms with E-state index >= 15 is 0 Å². The number of rotatable bonds is 2. The standard InChI is InChI=1S/C7H7F2NO3/c8-6(9)5-3(2-11)1-4(12)7(13)10-5/h1,6,11-12H,2H2,(H,10,13). The fourth-order valence-corrected chi connectivity index (χ4v) is 0.900. The Kier molecular flexibility index (Phi) is 2.62. The second-order valence-corrected chi connectivity index (χ2v) is 2.38. The van der Waals surface area contributed by atoms with Crippen molar-refractivity contribution in [3.63, 3.8) is 0 Å². The molecule has 4 nitrogen and oxygen atoms in total. The van der Waals surface area contributed by atoms with Crippen molar-refractivity contribution in [2.45, 2.75) is 13.0 Å². The third kappa shape index (κ3) is 1.83. The summed E-state index contributed by atoms with van der Waals surface area (Å²) in [5.41, 5.74) is -1.84. The Morgan fingerprint density at radius 1 is 1.54 bits per heavy atom. The molecule has 1 aromatic rings. The molecule has 0 aliphatic rings. The minimum Gasteiger partial charge on any atom is -0.503 e. The lowest BCUT2D eigenvalue weighted by Gasteiger charge is -2.05. The molecule has 0 radical (unpaired) electrons. The number of aromatic hydroxyl groups is 1. The Hall–Kier alpha value is -1.43. The van der Waals surface area contributed by atoms with Gasteiger partial charge >= 0.3 is 0 Å². The second kappa shape index (κ2) is 3.53. The quantitative estimate of drug-likeness (QED) is 0.637. The highest BCUT2D eigenvalue weighted by Crippen LogP contribution is 2.21. The van der Waals surface area contributed by atoms with Crippen LogP contribution in [0.25, 0.3) is 0 Å². The van der Waals surface area contributed by atoms with Crippen LogP contribution >= 0.6 is 0 Å². The van der Waals surface area contributed by atoms with E-state index in [0.29, 0.717) is 0 Å². The highest BCUT2D eigenvalue weighted by molar-refractivity contribution is 5.28. The van der Waals surface area contributed by atoms with Crippen LogP contribution in [0.2, 0.25) is 0 Å². The summed E-state index contributed by atoms with van der Waals surface area (Å²) < 4.78 is 24.3. The van der Waals surface area contributed by atoms with E-state index in [0.717, 1.165) is 6.07 Å². The van der Waals surface area contributed by atoms with Gasteiger partial charge in [-0.25, -0.2) is 8.78 Å². The third-order valence-corrected chi connectivity index (χ3v) is 1.53. The number of hydrogen-bond acceptors (Lipinski definition) is 3. The van der Waals surface area contributed by atoms with E-state index in [4.69, 9.17) is 10.2 Å². The van der Waals surface area contributed by atoms with E-state index in [2.05, 4.69) is 0 Å². The Balaban J connectivity index is 3.33. The van der Waals surface area contributed by atoms with Crippen molar-refractivity contribution in [1.29, 1.82) is 0 Å². The van der Waals surface area contributed by atoms with E-state index in [1.807, 2.05) is 0 Å². The fraction of sp³-hybridized carbons (Fsp3) is 0.286. The molecule has 1 rings (SSSR count). The lowest BCUT2D eigenvalue weighted by molar-refractivity contribution is 0.141.